The van der Waals surface area contributed by atoms with Crippen LogP contribution in [-0.2, 0) is 10.7 Å². The largest absolute Gasteiger partial charge is 0.385 e. The first kappa shape index (κ1) is 14.5. The van der Waals surface area contributed by atoms with Crippen LogP contribution in [0.15, 0.2) is 22.7 Å². The van der Waals surface area contributed by atoms with E-state index in [0.29, 0.717) is 19.4 Å². The Morgan fingerprint density at radius 2 is 2.00 bits per heavy atom. The lowest BCUT2D eigenvalue weighted by molar-refractivity contribution is -0.0203. The lowest BCUT2D eigenvalue weighted by Gasteiger charge is -2.17. The predicted octanol–water partition coefficient (Wildman–Crippen LogP) is 4.50. The summed E-state index contributed by atoms with van der Waals surface area (Å²) >= 11 is 2.90. The van der Waals surface area contributed by atoms with Gasteiger partial charge in [0.15, 0.2) is 0 Å². The number of ether oxygens (including phenoxy) is 1. The molecule has 0 saturated heterocycles. The van der Waals surface area contributed by atoms with E-state index in [1.54, 1.807) is 0 Å². The van der Waals surface area contributed by atoms with Crippen molar-refractivity contribution in [1.82, 2.24) is 0 Å². The highest BCUT2D eigenvalue weighted by Crippen LogP contribution is 2.36. The topological polar surface area (TPSA) is 9.23 Å². The molecule has 0 spiro atoms. The summed E-state index contributed by atoms with van der Waals surface area (Å²) in [6.07, 6.45) is 0.470. The van der Waals surface area contributed by atoms with E-state index in [-0.39, 0.29) is 10.9 Å². The molecule has 0 aromatic heterocycles. The molecule has 1 aromatic rings. The summed E-state index contributed by atoms with van der Waals surface area (Å²) in [4.78, 5) is 0. The Morgan fingerprint density at radius 1 is 1.29 bits per heavy atom. The molecule has 0 unspecified atom stereocenters. The second kappa shape index (κ2) is 6.40. The molecule has 1 rings (SSSR count). The molecule has 0 aliphatic rings. The average Bonchev–Trinajstić information content (AvgIpc) is 2.28. The van der Waals surface area contributed by atoms with Crippen LogP contribution >= 0.6 is 15.9 Å². The van der Waals surface area contributed by atoms with Crippen LogP contribution in [0.1, 0.15) is 24.8 Å². The van der Waals surface area contributed by atoms with Gasteiger partial charge in [0.05, 0.1) is 10.0 Å². The Bertz CT molecular complexity index is 369. The van der Waals surface area contributed by atoms with Crippen LogP contribution < -0.4 is 0 Å². The van der Waals surface area contributed by atoms with Gasteiger partial charge in [-0.1, -0.05) is 12.1 Å². The molecule has 96 valence electrons. The molecule has 17 heavy (non-hydrogen) atoms. The maximum atomic E-state index is 13.7. The maximum Gasteiger partial charge on any atom is 0.276 e. The number of hydrogen-bond acceptors (Lipinski definition) is 1. The standard InChI is InChI=1S/C12H14BrF3O/c1-17-8-3-2-7-12(15,16)9-5-4-6-10(13)11(9)14/h4-6H,2-3,7-8H2,1H3. The van der Waals surface area contributed by atoms with E-state index in [4.69, 9.17) is 4.74 Å². The third kappa shape index (κ3) is 4.00. The monoisotopic (exact) mass is 310 g/mol. The van der Waals surface area contributed by atoms with E-state index in [1.807, 2.05) is 0 Å². The zero-order valence-electron chi connectivity index (χ0n) is 9.48. The molecule has 0 radical (unpaired) electrons. The van der Waals surface area contributed by atoms with Gasteiger partial charge in [-0.15, -0.1) is 0 Å². The Kier molecular flexibility index (Phi) is 5.46. The van der Waals surface area contributed by atoms with E-state index in [1.165, 1.54) is 19.2 Å². The number of halogens is 4. The molecule has 0 heterocycles. The Morgan fingerprint density at radius 3 is 2.65 bits per heavy atom. The lowest BCUT2D eigenvalue weighted by atomic mass is 10.0. The first-order valence-electron chi connectivity index (χ1n) is 5.30. The SMILES string of the molecule is COCCCCC(F)(F)c1cccc(Br)c1F. The Labute approximate surface area is 107 Å². The van der Waals surface area contributed by atoms with Crippen molar-refractivity contribution in [2.45, 2.75) is 25.2 Å². The molecule has 0 N–H and O–H groups in total. The van der Waals surface area contributed by atoms with Crippen LogP contribution in [0.5, 0.6) is 0 Å². The van der Waals surface area contributed by atoms with Crippen molar-refractivity contribution in [3.8, 4) is 0 Å². The molecule has 1 nitrogen and oxygen atoms in total. The fraction of sp³-hybridized carbons (Fsp3) is 0.500. The molecular formula is C12H14BrF3O. The van der Waals surface area contributed by atoms with Crippen molar-refractivity contribution in [2.24, 2.45) is 0 Å². The highest BCUT2D eigenvalue weighted by Gasteiger charge is 2.34. The van der Waals surface area contributed by atoms with Crippen molar-refractivity contribution >= 4 is 15.9 Å². The van der Waals surface area contributed by atoms with Crippen molar-refractivity contribution in [1.29, 1.82) is 0 Å². The third-order valence-corrected chi connectivity index (χ3v) is 3.05. The highest BCUT2D eigenvalue weighted by molar-refractivity contribution is 9.10. The minimum absolute atomic E-state index is 0.0616. The van der Waals surface area contributed by atoms with Gasteiger partial charge in [-0.25, -0.2) is 13.2 Å². The molecule has 0 bridgehead atoms. The minimum Gasteiger partial charge on any atom is -0.385 e. The maximum absolute atomic E-state index is 13.7. The van der Waals surface area contributed by atoms with Gasteiger partial charge in [0.25, 0.3) is 5.92 Å². The van der Waals surface area contributed by atoms with Gasteiger partial charge in [-0.2, -0.15) is 0 Å². The van der Waals surface area contributed by atoms with E-state index in [2.05, 4.69) is 15.9 Å². The normalized spacial score (nSPS) is 11.8. The quantitative estimate of drug-likeness (QED) is 0.703. The second-order valence-electron chi connectivity index (χ2n) is 3.76. The summed E-state index contributed by atoms with van der Waals surface area (Å²) in [5.41, 5.74) is -0.552. The molecule has 0 fully saturated rings. The molecule has 1 aromatic carbocycles. The van der Waals surface area contributed by atoms with Gasteiger partial charge in [0, 0.05) is 20.1 Å². The molecule has 0 saturated carbocycles. The molecule has 0 aliphatic carbocycles. The summed E-state index contributed by atoms with van der Waals surface area (Å²) in [5, 5.41) is 0. The second-order valence-corrected chi connectivity index (χ2v) is 4.61. The number of hydrogen-bond donors (Lipinski definition) is 0. The van der Waals surface area contributed by atoms with Crippen LogP contribution in [0.25, 0.3) is 0 Å². The van der Waals surface area contributed by atoms with Gasteiger partial charge in [-0.3, -0.25) is 0 Å². The predicted molar refractivity (Wildman–Crippen MR) is 63.7 cm³/mol. The molecule has 5 heteroatoms. The highest BCUT2D eigenvalue weighted by atomic mass is 79.9. The summed E-state index contributed by atoms with van der Waals surface area (Å²) < 4.78 is 45.8. The van der Waals surface area contributed by atoms with Crippen molar-refractivity contribution < 1.29 is 17.9 Å². The third-order valence-electron chi connectivity index (χ3n) is 2.43. The first-order chi connectivity index (χ1) is 7.99. The fourth-order valence-electron chi connectivity index (χ4n) is 1.51. The number of benzene rings is 1. The van der Waals surface area contributed by atoms with Gasteiger partial charge < -0.3 is 4.74 Å². The van der Waals surface area contributed by atoms with Gasteiger partial charge in [0.1, 0.15) is 5.82 Å². The van der Waals surface area contributed by atoms with E-state index < -0.39 is 17.3 Å². The average molecular weight is 311 g/mol. The van der Waals surface area contributed by atoms with Crippen LogP contribution in [0, 0.1) is 5.82 Å². The van der Waals surface area contributed by atoms with Crippen LogP contribution in [0.4, 0.5) is 13.2 Å². The molecule has 0 aliphatic heterocycles. The number of unbranched alkanes of at least 4 members (excludes halogenated alkanes) is 1. The molecular weight excluding hydrogens is 297 g/mol. The summed E-state index contributed by atoms with van der Waals surface area (Å²) in [5.74, 6) is -4.02. The van der Waals surface area contributed by atoms with Crippen LogP contribution in [0.2, 0.25) is 0 Å². The summed E-state index contributed by atoms with van der Waals surface area (Å²) in [6, 6.07) is 3.93. The Balaban J connectivity index is 2.71. The number of alkyl halides is 2. The van der Waals surface area contributed by atoms with Crippen LogP contribution in [-0.4, -0.2) is 13.7 Å². The summed E-state index contributed by atoms with van der Waals surface area (Å²) in [7, 11) is 1.52. The zero-order chi connectivity index (χ0) is 12.9. The van der Waals surface area contributed by atoms with E-state index >= 15 is 0 Å². The summed E-state index contributed by atoms with van der Waals surface area (Å²) in [6.45, 7) is 0.442. The van der Waals surface area contributed by atoms with Crippen molar-refractivity contribution in [3.63, 3.8) is 0 Å². The Hall–Kier alpha value is -0.550. The van der Waals surface area contributed by atoms with Gasteiger partial charge in [-0.05, 0) is 34.8 Å². The fourth-order valence-corrected chi connectivity index (χ4v) is 1.88. The zero-order valence-corrected chi connectivity index (χ0v) is 11.1. The van der Waals surface area contributed by atoms with Gasteiger partial charge in [0.2, 0.25) is 0 Å². The van der Waals surface area contributed by atoms with Crippen LogP contribution in [0.3, 0.4) is 0 Å². The number of methoxy groups -OCH3 is 1. The molecule has 0 amide bonds. The first-order valence-corrected chi connectivity index (χ1v) is 6.09. The van der Waals surface area contributed by atoms with E-state index in [0.717, 1.165) is 6.07 Å². The van der Waals surface area contributed by atoms with Crippen molar-refractivity contribution in [2.75, 3.05) is 13.7 Å². The lowest BCUT2D eigenvalue weighted by Crippen LogP contribution is -2.16. The van der Waals surface area contributed by atoms with Crippen molar-refractivity contribution in [3.05, 3.63) is 34.1 Å². The van der Waals surface area contributed by atoms with Gasteiger partial charge >= 0.3 is 0 Å². The molecule has 0 atom stereocenters. The van der Waals surface area contributed by atoms with E-state index in [9.17, 15) is 13.2 Å². The number of rotatable bonds is 6. The minimum atomic E-state index is -3.14. The smallest absolute Gasteiger partial charge is 0.276 e.